The van der Waals surface area contributed by atoms with Crippen LogP contribution in [-0.2, 0) is 0 Å². The Balaban J connectivity index is 1.47. The first kappa shape index (κ1) is 17.3. The Bertz CT molecular complexity index is 889. The third kappa shape index (κ3) is 4.01. The molecule has 0 spiro atoms. The number of furan rings is 1. The zero-order chi connectivity index (χ0) is 18.6. The molecule has 1 aromatic carbocycles. The fourth-order valence-electron chi connectivity index (χ4n) is 3.21. The zero-order valence-corrected chi connectivity index (χ0v) is 14.6. The van der Waals surface area contributed by atoms with Gasteiger partial charge in [-0.15, -0.1) is 0 Å². The summed E-state index contributed by atoms with van der Waals surface area (Å²) >= 11 is 0. The lowest BCUT2D eigenvalue weighted by Crippen LogP contribution is -2.41. The molecule has 0 aliphatic heterocycles. The average molecular weight is 364 g/mol. The Morgan fingerprint density at radius 2 is 1.89 bits per heavy atom. The van der Waals surface area contributed by atoms with Crippen molar-refractivity contribution in [3.05, 3.63) is 78.3 Å². The maximum absolute atomic E-state index is 12.7. The first-order valence-corrected chi connectivity index (χ1v) is 8.91. The number of aliphatic hydroxyl groups excluding tert-OH is 1. The van der Waals surface area contributed by atoms with E-state index in [2.05, 4.69) is 10.3 Å². The van der Waals surface area contributed by atoms with Crippen LogP contribution >= 0.6 is 0 Å². The van der Waals surface area contributed by atoms with Crippen LogP contribution in [0.1, 0.15) is 35.1 Å². The number of nitrogens with zero attached hydrogens (tertiary/aromatic N) is 1. The second-order valence-electron chi connectivity index (χ2n) is 6.62. The number of benzene rings is 1. The van der Waals surface area contributed by atoms with Crippen LogP contribution in [0.3, 0.4) is 0 Å². The molecule has 1 aliphatic carbocycles. The zero-order valence-electron chi connectivity index (χ0n) is 14.6. The third-order valence-electron chi connectivity index (χ3n) is 4.68. The lowest BCUT2D eigenvalue weighted by Gasteiger charge is -2.37. The van der Waals surface area contributed by atoms with Crippen LogP contribution in [-0.4, -0.2) is 22.1 Å². The van der Waals surface area contributed by atoms with Gasteiger partial charge in [-0.25, -0.2) is 0 Å². The van der Waals surface area contributed by atoms with Gasteiger partial charge in [0.1, 0.15) is 5.75 Å². The Hall–Kier alpha value is -3.12. The topological polar surface area (TPSA) is 84.6 Å². The number of nitrogens with one attached hydrogen (secondary N) is 1. The molecule has 1 saturated carbocycles. The lowest BCUT2D eigenvalue weighted by atomic mass is 9.76. The van der Waals surface area contributed by atoms with E-state index in [1.807, 2.05) is 36.4 Å². The van der Waals surface area contributed by atoms with Gasteiger partial charge in [-0.05, 0) is 49.1 Å². The van der Waals surface area contributed by atoms with E-state index in [0.717, 1.165) is 5.69 Å². The van der Waals surface area contributed by atoms with Gasteiger partial charge >= 0.3 is 0 Å². The normalized spacial score (nSPS) is 19.7. The van der Waals surface area contributed by atoms with Crippen LogP contribution in [0.4, 0.5) is 0 Å². The van der Waals surface area contributed by atoms with Crippen molar-refractivity contribution in [2.24, 2.45) is 5.92 Å². The monoisotopic (exact) mass is 364 g/mol. The van der Waals surface area contributed by atoms with Gasteiger partial charge < -0.3 is 19.6 Å². The first-order chi connectivity index (χ1) is 13.2. The fourth-order valence-corrected chi connectivity index (χ4v) is 3.21. The quantitative estimate of drug-likeness (QED) is 0.696. The number of amides is 1. The Labute approximate surface area is 156 Å². The predicted molar refractivity (Wildman–Crippen MR) is 98.4 cm³/mol. The number of ether oxygens (including phenoxy) is 1. The maximum atomic E-state index is 12.7. The number of aliphatic hydroxyl groups is 1. The molecule has 27 heavy (non-hydrogen) atoms. The molecule has 6 heteroatoms. The molecule has 2 N–H and O–H groups in total. The van der Waals surface area contributed by atoms with E-state index in [1.165, 1.54) is 0 Å². The molecule has 0 bridgehead atoms. The van der Waals surface area contributed by atoms with Gasteiger partial charge in [-0.1, -0.05) is 24.3 Å². The van der Waals surface area contributed by atoms with Crippen molar-refractivity contribution in [3.63, 3.8) is 0 Å². The fraction of sp³-hybridized carbons (Fsp3) is 0.238. The molecule has 3 aromatic rings. The molecule has 2 heterocycles. The molecular formula is C21H20N2O4. The van der Waals surface area contributed by atoms with Crippen molar-refractivity contribution < 1.29 is 19.1 Å². The number of carbonyl (C=O) groups excluding carboxylic acids is 1. The third-order valence-corrected chi connectivity index (χ3v) is 4.68. The summed E-state index contributed by atoms with van der Waals surface area (Å²) in [5, 5.41) is 12.6. The van der Waals surface area contributed by atoms with Crippen LogP contribution in [0.15, 0.2) is 71.3 Å². The number of aromatic nitrogens is 1. The summed E-state index contributed by atoms with van der Waals surface area (Å²) in [5.74, 6) is 0.860. The second kappa shape index (κ2) is 7.63. The van der Waals surface area contributed by atoms with E-state index in [9.17, 15) is 9.90 Å². The Morgan fingerprint density at radius 1 is 1.11 bits per heavy atom. The number of pyridine rings is 1. The number of para-hydroxylation sites is 1. The summed E-state index contributed by atoms with van der Waals surface area (Å²) in [6.07, 6.45) is 2.67. The SMILES string of the molecule is O=C(N[C@H](c1ccccn1)C1CC(O)C1)c1ccc(Oc2ccccc2)o1. The summed E-state index contributed by atoms with van der Waals surface area (Å²) in [5.41, 5.74) is 0.773. The van der Waals surface area contributed by atoms with E-state index in [0.29, 0.717) is 18.6 Å². The average Bonchev–Trinajstić information content (AvgIpc) is 3.14. The Kier molecular flexibility index (Phi) is 4.89. The van der Waals surface area contributed by atoms with E-state index in [-0.39, 0.29) is 35.7 Å². The van der Waals surface area contributed by atoms with Crippen molar-refractivity contribution in [2.45, 2.75) is 25.0 Å². The highest BCUT2D eigenvalue weighted by Gasteiger charge is 2.36. The van der Waals surface area contributed by atoms with Crippen molar-refractivity contribution >= 4 is 5.91 Å². The molecule has 0 radical (unpaired) electrons. The summed E-state index contributed by atoms with van der Waals surface area (Å²) in [4.78, 5) is 17.0. The van der Waals surface area contributed by atoms with Gasteiger partial charge in [0.05, 0.1) is 17.8 Å². The van der Waals surface area contributed by atoms with E-state index in [4.69, 9.17) is 9.15 Å². The molecule has 6 nitrogen and oxygen atoms in total. The van der Waals surface area contributed by atoms with Crippen molar-refractivity contribution in [1.82, 2.24) is 10.3 Å². The van der Waals surface area contributed by atoms with Gasteiger partial charge in [-0.2, -0.15) is 0 Å². The van der Waals surface area contributed by atoms with Gasteiger partial charge in [-0.3, -0.25) is 9.78 Å². The highest BCUT2D eigenvalue weighted by atomic mass is 16.6. The van der Waals surface area contributed by atoms with Crippen molar-refractivity contribution in [3.8, 4) is 11.7 Å². The number of hydrogen-bond acceptors (Lipinski definition) is 5. The molecule has 1 atom stereocenters. The molecule has 1 amide bonds. The first-order valence-electron chi connectivity index (χ1n) is 8.91. The number of carbonyl (C=O) groups is 1. The van der Waals surface area contributed by atoms with Crippen LogP contribution in [0, 0.1) is 5.92 Å². The van der Waals surface area contributed by atoms with Crippen LogP contribution in [0.25, 0.3) is 0 Å². The minimum atomic E-state index is -0.338. The van der Waals surface area contributed by atoms with Crippen LogP contribution in [0.2, 0.25) is 0 Å². The van der Waals surface area contributed by atoms with Gasteiger partial charge in [0, 0.05) is 12.3 Å². The summed E-state index contributed by atoms with van der Waals surface area (Å²) < 4.78 is 11.1. The molecule has 0 saturated heterocycles. The molecule has 0 unspecified atom stereocenters. The smallest absolute Gasteiger partial charge is 0.290 e. The van der Waals surface area contributed by atoms with E-state index in [1.54, 1.807) is 30.5 Å². The summed E-state index contributed by atoms with van der Waals surface area (Å²) in [7, 11) is 0. The number of hydrogen-bond donors (Lipinski definition) is 2. The highest BCUT2D eigenvalue weighted by molar-refractivity contribution is 5.91. The van der Waals surface area contributed by atoms with Crippen LogP contribution in [0.5, 0.6) is 11.7 Å². The summed E-state index contributed by atoms with van der Waals surface area (Å²) in [6, 6.07) is 17.7. The largest absolute Gasteiger partial charge is 0.426 e. The molecule has 1 fully saturated rings. The standard InChI is InChI=1S/C21H20N2O4/c24-15-12-14(13-15)20(17-8-4-5-11-22-17)23-21(25)18-9-10-19(27-18)26-16-6-2-1-3-7-16/h1-11,14-15,20,24H,12-13H2,(H,23,25)/t14?,15?,20-/m0/s1. The highest BCUT2D eigenvalue weighted by Crippen LogP contribution is 2.37. The number of rotatable bonds is 6. The molecule has 1 aliphatic rings. The van der Waals surface area contributed by atoms with E-state index >= 15 is 0 Å². The van der Waals surface area contributed by atoms with Gasteiger partial charge in [0.15, 0.2) is 5.76 Å². The predicted octanol–water partition coefficient (Wildman–Crippen LogP) is 3.71. The van der Waals surface area contributed by atoms with Crippen LogP contribution < -0.4 is 10.1 Å². The van der Waals surface area contributed by atoms with Crippen molar-refractivity contribution in [1.29, 1.82) is 0 Å². The maximum Gasteiger partial charge on any atom is 0.290 e. The van der Waals surface area contributed by atoms with E-state index < -0.39 is 0 Å². The molecule has 138 valence electrons. The minimum Gasteiger partial charge on any atom is -0.426 e. The molecule has 2 aromatic heterocycles. The van der Waals surface area contributed by atoms with Crippen molar-refractivity contribution in [2.75, 3.05) is 0 Å². The molecular weight excluding hydrogens is 344 g/mol. The second-order valence-corrected chi connectivity index (χ2v) is 6.62. The lowest BCUT2D eigenvalue weighted by molar-refractivity contribution is 0.0225. The molecule has 4 rings (SSSR count). The Morgan fingerprint density at radius 3 is 2.59 bits per heavy atom. The summed E-state index contributed by atoms with van der Waals surface area (Å²) in [6.45, 7) is 0. The van der Waals surface area contributed by atoms with Gasteiger partial charge in [0.25, 0.3) is 11.9 Å². The van der Waals surface area contributed by atoms with Gasteiger partial charge in [0.2, 0.25) is 0 Å². The minimum absolute atomic E-state index is 0.147.